The summed E-state index contributed by atoms with van der Waals surface area (Å²) in [6.45, 7) is 7.14. The summed E-state index contributed by atoms with van der Waals surface area (Å²) in [5.41, 5.74) is 5.03. The largest absolute Gasteiger partial charge is 0.497 e. The number of hydrogen-bond acceptors (Lipinski definition) is 15. The number of likely N-dealkylation sites (tertiary alicyclic amines) is 2. The number of piperidine rings is 2. The molecule has 9 N–H and O–H groups in total. The van der Waals surface area contributed by atoms with Crippen LogP contribution in [-0.2, 0) is 45.2 Å². The van der Waals surface area contributed by atoms with Gasteiger partial charge < -0.3 is 74.7 Å². The van der Waals surface area contributed by atoms with E-state index < -0.39 is 73.9 Å². The fourth-order valence-corrected chi connectivity index (χ4v) is 13.0. The van der Waals surface area contributed by atoms with Crippen molar-refractivity contribution in [3.05, 3.63) is 96.6 Å². The first-order valence-electron chi connectivity index (χ1n) is 28.0. The monoisotopic (exact) mass is 1100 g/mol. The van der Waals surface area contributed by atoms with E-state index in [9.17, 15) is 40.2 Å². The van der Waals surface area contributed by atoms with Gasteiger partial charge in [-0.25, -0.2) is 9.55 Å². The number of benzene rings is 4. The Bertz CT molecular complexity index is 3360. The molecule has 422 valence electrons. The number of hydrogen-bond donors (Lipinski definition) is 9. The van der Waals surface area contributed by atoms with E-state index in [0.29, 0.717) is 0 Å². The quantitative estimate of drug-likeness (QED) is 0.0595. The molecule has 0 bridgehead atoms. The number of ether oxygens (including phenoxy) is 4. The zero-order valence-corrected chi connectivity index (χ0v) is 45.0. The van der Waals surface area contributed by atoms with Crippen LogP contribution in [0.4, 0.5) is 0 Å². The third kappa shape index (κ3) is 10.3. The molecule has 0 spiro atoms. The number of aliphatic hydroxyl groups excluding tert-OH is 6. The summed E-state index contributed by atoms with van der Waals surface area (Å²) in [6, 6.07) is 20.1. The van der Waals surface area contributed by atoms with Gasteiger partial charge in [0.05, 0.1) is 55.9 Å². The second kappa shape index (κ2) is 22.8. The molecule has 4 aromatic carbocycles. The van der Waals surface area contributed by atoms with Crippen LogP contribution < -0.4 is 24.7 Å². The summed E-state index contributed by atoms with van der Waals surface area (Å²) in [6.07, 6.45) is 3.18. The van der Waals surface area contributed by atoms with E-state index in [1.54, 1.807) is 14.2 Å². The fraction of sp³-hybridized carbons (Fsp3) is 0.467. The van der Waals surface area contributed by atoms with Crippen LogP contribution in [0.25, 0.3) is 65.2 Å². The Morgan fingerprint density at radius 2 is 1.26 bits per heavy atom. The predicted octanol–water partition coefficient (Wildman–Crippen LogP) is 2.75. The summed E-state index contributed by atoms with van der Waals surface area (Å²) < 4.78 is 26.8. The van der Waals surface area contributed by atoms with Crippen molar-refractivity contribution in [2.24, 2.45) is 11.8 Å². The molecule has 0 radical (unpaired) electrons. The van der Waals surface area contributed by atoms with Crippen molar-refractivity contribution in [2.45, 2.75) is 101 Å². The van der Waals surface area contributed by atoms with E-state index in [1.807, 2.05) is 42.5 Å². The van der Waals surface area contributed by atoms with Crippen molar-refractivity contribution in [3.8, 4) is 11.5 Å². The van der Waals surface area contributed by atoms with E-state index in [-0.39, 0.29) is 13.1 Å². The molecule has 8 atom stereocenters. The topological polar surface area (TPSA) is 260 Å². The van der Waals surface area contributed by atoms with Crippen LogP contribution >= 0.6 is 0 Å². The minimum atomic E-state index is -1.45. The van der Waals surface area contributed by atoms with E-state index in [2.05, 4.69) is 77.5 Å². The van der Waals surface area contributed by atoms with Crippen molar-refractivity contribution >= 4 is 77.0 Å². The molecule has 8 aromatic rings. The summed E-state index contributed by atoms with van der Waals surface area (Å²) in [5.74, 6) is 1.76. The maximum atomic E-state index is 13.2. The molecule has 20 nitrogen and oxygen atoms in total. The molecule has 4 aromatic heterocycles. The van der Waals surface area contributed by atoms with Crippen molar-refractivity contribution in [1.82, 2.24) is 35.0 Å². The average molecular weight is 1100 g/mol. The number of aromatic nitrogens is 4. The lowest BCUT2D eigenvalue weighted by molar-refractivity contribution is -0.695. The number of aliphatic hydroxyl groups is 6. The second-order valence-corrected chi connectivity index (χ2v) is 22.3. The number of rotatable bonds is 17. The van der Waals surface area contributed by atoms with Crippen LogP contribution in [0.15, 0.2) is 85.5 Å². The number of carbonyl (C=O) groups is 2. The Balaban J connectivity index is 0.658. The first-order chi connectivity index (χ1) is 38.9. The van der Waals surface area contributed by atoms with Gasteiger partial charge in [-0.1, -0.05) is 0 Å². The maximum Gasteiger partial charge on any atom is 0.252 e. The summed E-state index contributed by atoms with van der Waals surface area (Å²) in [7, 11) is 3.30. The Hall–Kier alpha value is -6.56. The van der Waals surface area contributed by atoms with E-state index >= 15 is 0 Å². The van der Waals surface area contributed by atoms with Gasteiger partial charge in [-0.05, 0) is 140 Å². The smallest absolute Gasteiger partial charge is 0.252 e. The Morgan fingerprint density at radius 3 is 1.89 bits per heavy atom. The first kappa shape index (κ1) is 54.0. The lowest BCUT2D eigenvalue weighted by Crippen LogP contribution is -2.45. The van der Waals surface area contributed by atoms with Crippen LogP contribution in [0, 0.1) is 11.8 Å². The molecule has 12 rings (SSSR count). The predicted molar refractivity (Wildman–Crippen MR) is 299 cm³/mol. The molecule has 4 saturated heterocycles. The van der Waals surface area contributed by atoms with Gasteiger partial charge in [-0.15, -0.1) is 0 Å². The van der Waals surface area contributed by atoms with Gasteiger partial charge in [-0.3, -0.25) is 14.5 Å². The van der Waals surface area contributed by atoms with Crippen LogP contribution in [-0.4, -0.2) is 182 Å². The third-order valence-electron chi connectivity index (χ3n) is 17.7. The highest BCUT2D eigenvalue weighted by molar-refractivity contribution is 6.22. The number of pyridine rings is 2. The Kier molecular flexibility index (Phi) is 15.4. The maximum absolute atomic E-state index is 13.2. The van der Waals surface area contributed by atoms with Gasteiger partial charge in [0.2, 0.25) is 0 Å². The van der Waals surface area contributed by atoms with Crippen molar-refractivity contribution in [1.29, 1.82) is 0 Å². The lowest BCUT2D eigenvalue weighted by Gasteiger charge is -2.40. The number of amides is 2. The molecule has 0 aliphatic carbocycles. The van der Waals surface area contributed by atoms with Crippen LogP contribution in [0.5, 0.6) is 11.5 Å². The highest BCUT2D eigenvalue weighted by atomic mass is 16.6. The fourth-order valence-electron chi connectivity index (χ4n) is 13.0. The zero-order chi connectivity index (χ0) is 55.3. The molecule has 0 unspecified atom stereocenters. The Morgan fingerprint density at radius 1 is 0.675 bits per heavy atom. The molecule has 20 heteroatoms. The lowest BCUT2D eigenvalue weighted by atomic mass is 9.79. The summed E-state index contributed by atoms with van der Waals surface area (Å²) in [4.78, 5) is 40.2. The van der Waals surface area contributed by atoms with Gasteiger partial charge in [0.15, 0.2) is 31.1 Å². The highest BCUT2D eigenvalue weighted by Crippen LogP contribution is 2.39. The third-order valence-corrected chi connectivity index (χ3v) is 17.7. The van der Waals surface area contributed by atoms with E-state index in [4.69, 9.17) is 23.9 Å². The average Bonchev–Trinajstić information content (AvgIpc) is 4.42. The molecular formula is C60H71N8O12+. The van der Waals surface area contributed by atoms with Gasteiger partial charge in [0.25, 0.3) is 11.8 Å². The molecule has 8 heterocycles. The van der Waals surface area contributed by atoms with Gasteiger partial charge in [-0.2, -0.15) is 0 Å². The van der Waals surface area contributed by atoms with Crippen LogP contribution in [0.1, 0.15) is 36.8 Å². The molecule has 2 amide bonds. The van der Waals surface area contributed by atoms with Crippen LogP contribution in [0.2, 0.25) is 0 Å². The molecule has 4 aliphatic heterocycles. The number of aromatic amines is 1. The minimum absolute atomic E-state index is 0.117. The summed E-state index contributed by atoms with van der Waals surface area (Å²) in [5, 5.41) is 74.3. The number of nitrogens with zero attached hydrogens (tertiary/aromatic N) is 5. The molecule has 0 saturated carbocycles. The first-order valence-corrected chi connectivity index (χ1v) is 28.0. The number of H-pyrrole nitrogens is 1. The molecular weight excluding hydrogens is 1020 g/mol. The standard InChI is InChI=1S/C60H70N8O12/c1-77-39-3-5-45-41(25-39)49-43-29-67(17-11-35(43)23-37(51(49)63-45)27-61-59(75)57-55(73)53(71)47(31-69)79-57)21-19-65-13-7-33(8-14-65)34-9-15-66(16-10-34)20-22-68-18-12-36-24-38(28-62-60(76)58-56(74)54(72)48(32-70)80-58)52-50(44(36)30-68)42-26-40(78-2)4-6-46(42)64-52/h3-6,11-12,17-18,23-26,29-30,33-34,47-48,53-58,69-74H,7-10,13-16,19-22,27-28,31-32H2,1-2H3,(H2,61,62,75,76)/p+1/t47-,48-,53+,54+,55-,56-,57+,58+/m0/s1. The molecule has 4 fully saturated rings. The van der Waals surface area contributed by atoms with E-state index in [0.717, 1.165) is 152 Å². The van der Waals surface area contributed by atoms with Crippen molar-refractivity contribution < 1.29 is 63.7 Å². The van der Waals surface area contributed by atoms with Crippen molar-refractivity contribution in [3.63, 3.8) is 0 Å². The SMILES string of the molecule is COc1ccc2nc3c(CNC(=O)[C@@H]4O[C@@H](CO)[C@@H](O)[C@@H]4O)cc4ccn(CCN5CCC(C6CCN(CC[n+]7ccc8cc(CNC(=O)[C@@H]9O[C@@H](CO)[C@@H](O)[C@@H]9O)c9[nH]c%10ccc(OC)cc%10c9c8c7)CC6)CC5)cc4c3c2c1. The normalized spacial score (nSPS) is 24.6. The van der Waals surface area contributed by atoms with Crippen molar-refractivity contribution in [2.75, 3.05) is 66.7 Å². The van der Waals surface area contributed by atoms with Crippen LogP contribution in [0.3, 0.4) is 0 Å². The second-order valence-electron chi connectivity index (χ2n) is 22.3. The molecule has 80 heavy (non-hydrogen) atoms. The highest BCUT2D eigenvalue weighted by Gasteiger charge is 2.47. The van der Waals surface area contributed by atoms with Gasteiger partial charge in [0.1, 0.15) is 48.1 Å². The number of methoxy groups -OCH3 is 2. The number of nitrogens with one attached hydrogen (secondary N) is 3. The van der Waals surface area contributed by atoms with Gasteiger partial charge in [0, 0.05) is 77.1 Å². The zero-order valence-electron chi connectivity index (χ0n) is 45.0. The van der Waals surface area contributed by atoms with E-state index in [1.165, 1.54) is 25.7 Å². The number of fused-ring (bicyclic) bond motifs is 10. The number of carbonyl (C=O) groups excluding carboxylic acids is 2. The molecule has 4 aliphatic rings. The summed E-state index contributed by atoms with van der Waals surface area (Å²) >= 11 is 0. The minimum Gasteiger partial charge on any atom is -0.497 e. The Labute approximate surface area is 461 Å². The van der Waals surface area contributed by atoms with Gasteiger partial charge >= 0.3 is 0 Å².